The van der Waals surface area contributed by atoms with E-state index in [-0.39, 0.29) is 0 Å². The molecule has 1 N–H and O–H groups in total. The number of aliphatic hydroxyl groups is 1. The molecule has 1 unspecified atom stereocenters. The van der Waals surface area contributed by atoms with Crippen molar-refractivity contribution in [3.8, 4) is 5.75 Å². The molecule has 0 fully saturated rings. The van der Waals surface area contributed by atoms with E-state index in [1.807, 2.05) is 38.2 Å². The summed E-state index contributed by atoms with van der Waals surface area (Å²) in [6, 6.07) is 8.02. The average Bonchev–Trinajstić information content (AvgIpc) is 2.36. The second-order valence-electron chi connectivity index (χ2n) is 4.84. The van der Waals surface area contributed by atoms with Crippen LogP contribution in [0, 0.1) is 6.92 Å². The first kappa shape index (κ1) is 16.0. The molecule has 1 atom stereocenters. The molecule has 0 saturated heterocycles. The molecule has 0 saturated carbocycles. The summed E-state index contributed by atoms with van der Waals surface area (Å²) in [7, 11) is 3.59. The third-order valence-electron chi connectivity index (χ3n) is 2.92. The van der Waals surface area contributed by atoms with Crippen LogP contribution in [-0.2, 0) is 4.74 Å². The minimum atomic E-state index is -0.424. The van der Waals surface area contributed by atoms with Crippen LogP contribution in [0.15, 0.2) is 24.3 Å². The second-order valence-corrected chi connectivity index (χ2v) is 4.84. The molecule has 0 spiro atoms. The number of rotatable bonds is 9. The summed E-state index contributed by atoms with van der Waals surface area (Å²) >= 11 is 0. The van der Waals surface area contributed by atoms with Crippen molar-refractivity contribution < 1.29 is 14.6 Å². The first-order chi connectivity index (χ1) is 9.13. The van der Waals surface area contributed by atoms with Gasteiger partial charge in [-0.15, -0.1) is 0 Å². The van der Waals surface area contributed by atoms with Crippen molar-refractivity contribution in [2.24, 2.45) is 0 Å². The van der Waals surface area contributed by atoms with Gasteiger partial charge in [0, 0.05) is 20.2 Å². The summed E-state index contributed by atoms with van der Waals surface area (Å²) in [5.74, 6) is 0.949. The van der Waals surface area contributed by atoms with Gasteiger partial charge in [-0.05, 0) is 32.0 Å². The molecule has 1 aromatic rings. The van der Waals surface area contributed by atoms with Gasteiger partial charge in [-0.1, -0.05) is 18.2 Å². The van der Waals surface area contributed by atoms with E-state index < -0.39 is 6.10 Å². The highest BCUT2D eigenvalue weighted by molar-refractivity contribution is 5.31. The Kier molecular flexibility index (Phi) is 7.48. The van der Waals surface area contributed by atoms with Crippen molar-refractivity contribution in [1.82, 2.24) is 4.90 Å². The lowest BCUT2D eigenvalue weighted by atomic mass is 10.2. The molecule has 4 nitrogen and oxygen atoms in total. The van der Waals surface area contributed by atoms with E-state index in [1.54, 1.807) is 7.11 Å². The fraction of sp³-hybridized carbons (Fsp3) is 0.600. The first-order valence-corrected chi connectivity index (χ1v) is 6.67. The maximum absolute atomic E-state index is 9.59. The number of methoxy groups -OCH3 is 1. The van der Waals surface area contributed by atoms with Crippen molar-refractivity contribution in [1.29, 1.82) is 0 Å². The van der Waals surface area contributed by atoms with Crippen LogP contribution in [-0.4, -0.2) is 56.6 Å². The number of nitrogens with zero attached hydrogens (tertiary/aromatic N) is 1. The first-order valence-electron chi connectivity index (χ1n) is 6.67. The lowest BCUT2D eigenvalue weighted by molar-refractivity contribution is 0.0424. The molecular formula is C15H25NO3. The number of ether oxygens (including phenoxy) is 2. The number of hydrogen-bond acceptors (Lipinski definition) is 4. The minimum Gasteiger partial charge on any atom is -0.493 e. The number of aryl methyl sites for hydroxylation is 1. The topological polar surface area (TPSA) is 41.9 Å². The van der Waals surface area contributed by atoms with Crippen molar-refractivity contribution in [3.05, 3.63) is 29.8 Å². The molecule has 0 aromatic heterocycles. The largest absolute Gasteiger partial charge is 0.493 e. The van der Waals surface area contributed by atoms with Gasteiger partial charge < -0.3 is 19.5 Å². The zero-order chi connectivity index (χ0) is 14.1. The van der Waals surface area contributed by atoms with Gasteiger partial charge >= 0.3 is 0 Å². The lowest BCUT2D eigenvalue weighted by Gasteiger charge is -2.20. The molecule has 1 rings (SSSR count). The van der Waals surface area contributed by atoms with E-state index in [1.165, 1.54) is 0 Å². The molecular weight excluding hydrogens is 242 g/mol. The minimum absolute atomic E-state index is 0.379. The van der Waals surface area contributed by atoms with Crippen LogP contribution in [0.4, 0.5) is 0 Å². The summed E-state index contributed by atoms with van der Waals surface area (Å²) in [5, 5.41) is 9.59. The van der Waals surface area contributed by atoms with Crippen LogP contribution in [0.25, 0.3) is 0 Å². The molecule has 0 bridgehead atoms. The van der Waals surface area contributed by atoms with E-state index in [2.05, 4.69) is 4.90 Å². The number of hydrogen-bond donors (Lipinski definition) is 1. The number of aliphatic hydroxyl groups excluding tert-OH is 1. The Hall–Kier alpha value is -1.10. The van der Waals surface area contributed by atoms with Gasteiger partial charge in [-0.2, -0.15) is 0 Å². The van der Waals surface area contributed by atoms with Gasteiger partial charge in [0.05, 0.1) is 19.3 Å². The maximum Gasteiger partial charge on any atom is 0.122 e. The van der Waals surface area contributed by atoms with Crippen LogP contribution < -0.4 is 4.74 Å². The normalized spacial score (nSPS) is 12.7. The van der Waals surface area contributed by atoms with Gasteiger partial charge in [0.15, 0.2) is 0 Å². The monoisotopic (exact) mass is 267 g/mol. The molecule has 1 aromatic carbocycles. The van der Waals surface area contributed by atoms with Crippen LogP contribution >= 0.6 is 0 Å². The average molecular weight is 267 g/mol. The third kappa shape index (κ3) is 6.57. The summed E-state index contributed by atoms with van der Waals surface area (Å²) < 4.78 is 10.6. The highest BCUT2D eigenvalue weighted by Crippen LogP contribution is 2.16. The second kappa shape index (κ2) is 8.91. The van der Waals surface area contributed by atoms with Crippen molar-refractivity contribution in [2.75, 3.05) is 40.5 Å². The van der Waals surface area contributed by atoms with Crippen molar-refractivity contribution >= 4 is 0 Å². The van der Waals surface area contributed by atoms with Gasteiger partial charge in [0.1, 0.15) is 5.75 Å². The molecule has 4 heteroatoms. The van der Waals surface area contributed by atoms with E-state index in [0.717, 1.165) is 24.3 Å². The molecule has 0 radical (unpaired) electrons. The van der Waals surface area contributed by atoms with Gasteiger partial charge in [0.25, 0.3) is 0 Å². The highest BCUT2D eigenvalue weighted by Gasteiger charge is 2.07. The highest BCUT2D eigenvalue weighted by atomic mass is 16.5. The summed E-state index contributed by atoms with van der Waals surface area (Å²) in [4.78, 5) is 2.09. The third-order valence-corrected chi connectivity index (χ3v) is 2.92. The van der Waals surface area contributed by atoms with Gasteiger partial charge in [-0.3, -0.25) is 0 Å². The quantitative estimate of drug-likeness (QED) is 0.692. The predicted molar refractivity (Wildman–Crippen MR) is 76.7 cm³/mol. The van der Waals surface area contributed by atoms with Gasteiger partial charge in [-0.25, -0.2) is 0 Å². The molecule has 108 valence electrons. The maximum atomic E-state index is 9.59. The Morgan fingerprint density at radius 3 is 2.74 bits per heavy atom. The Balaban J connectivity index is 2.15. The van der Waals surface area contributed by atoms with E-state index in [4.69, 9.17) is 9.47 Å². The fourth-order valence-electron chi connectivity index (χ4n) is 1.93. The molecule has 0 aliphatic carbocycles. The number of benzene rings is 1. The zero-order valence-corrected chi connectivity index (χ0v) is 12.1. The fourth-order valence-corrected chi connectivity index (χ4v) is 1.93. The summed E-state index contributed by atoms with van der Waals surface area (Å²) in [5.41, 5.74) is 1.16. The van der Waals surface area contributed by atoms with Crippen molar-refractivity contribution in [3.63, 3.8) is 0 Å². The Bertz CT molecular complexity index is 357. The van der Waals surface area contributed by atoms with Crippen LogP contribution in [0.5, 0.6) is 5.75 Å². The molecule has 0 heterocycles. The predicted octanol–water partition coefficient (Wildman–Crippen LogP) is 1.70. The molecule has 0 aliphatic rings. The zero-order valence-electron chi connectivity index (χ0n) is 12.1. The van der Waals surface area contributed by atoms with Crippen LogP contribution in [0.3, 0.4) is 0 Å². The smallest absolute Gasteiger partial charge is 0.122 e. The van der Waals surface area contributed by atoms with Gasteiger partial charge in [0.2, 0.25) is 0 Å². The SMILES string of the molecule is COCC(O)CN(C)CCCOc1ccccc1C. The van der Waals surface area contributed by atoms with E-state index in [0.29, 0.717) is 19.8 Å². The van der Waals surface area contributed by atoms with Crippen molar-refractivity contribution in [2.45, 2.75) is 19.4 Å². The lowest BCUT2D eigenvalue weighted by Crippen LogP contribution is -2.33. The molecule has 0 aliphatic heterocycles. The Labute approximate surface area is 115 Å². The van der Waals surface area contributed by atoms with E-state index >= 15 is 0 Å². The van der Waals surface area contributed by atoms with Crippen LogP contribution in [0.2, 0.25) is 0 Å². The Morgan fingerprint density at radius 2 is 2.05 bits per heavy atom. The molecule has 19 heavy (non-hydrogen) atoms. The van der Waals surface area contributed by atoms with E-state index in [9.17, 15) is 5.11 Å². The summed E-state index contributed by atoms with van der Waals surface area (Å²) in [6.07, 6.45) is 0.511. The summed E-state index contributed by atoms with van der Waals surface area (Å²) in [6.45, 7) is 4.63. The van der Waals surface area contributed by atoms with Crippen LogP contribution in [0.1, 0.15) is 12.0 Å². The molecule has 0 amide bonds. The number of likely N-dealkylation sites (N-methyl/N-ethyl adjacent to an activating group) is 1. The number of para-hydroxylation sites is 1. The Morgan fingerprint density at radius 1 is 1.32 bits per heavy atom. The standard InChI is InChI=1S/C15H25NO3/c1-13-7-4-5-8-15(13)19-10-6-9-16(2)11-14(17)12-18-3/h4-5,7-8,14,17H,6,9-12H2,1-3H3.